The van der Waals surface area contributed by atoms with Gasteiger partial charge in [0, 0.05) is 6.42 Å². The van der Waals surface area contributed by atoms with Crippen molar-refractivity contribution in [2.75, 3.05) is 7.11 Å². The molecule has 1 aliphatic rings. The van der Waals surface area contributed by atoms with E-state index in [-0.39, 0.29) is 6.10 Å². The molecule has 1 aromatic rings. The molecule has 104 valence electrons. The van der Waals surface area contributed by atoms with Gasteiger partial charge in [-0.1, -0.05) is 29.3 Å². The lowest BCUT2D eigenvalue weighted by Gasteiger charge is -2.18. The van der Waals surface area contributed by atoms with E-state index in [1.807, 2.05) is 12.1 Å². The third kappa shape index (κ3) is 4.10. The molecule has 0 aliphatic heterocycles. The summed E-state index contributed by atoms with van der Waals surface area (Å²) in [4.78, 5) is 0. The number of benzene rings is 1. The van der Waals surface area contributed by atoms with Crippen LogP contribution in [0.2, 0.25) is 0 Å². The van der Waals surface area contributed by atoms with Crippen molar-refractivity contribution in [3.05, 3.63) is 41.0 Å². The van der Waals surface area contributed by atoms with Gasteiger partial charge in [0.15, 0.2) is 0 Å². The molecule has 0 aromatic heterocycles. The molecule has 0 spiro atoms. The summed E-state index contributed by atoms with van der Waals surface area (Å²) >= 11 is 0. The summed E-state index contributed by atoms with van der Waals surface area (Å²) in [5.74, 6) is 0.877. The molecule has 0 amide bonds. The summed E-state index contributed by atoms with van der Waals surface area (Å²) in [7, 11) is 1.68. The Kier molecular flexibility index (Phi) is 5.03. The van der Waals surface area contributed by atoms with Crippen LogP contribution < -0.4 is 4.74 Å². The average molecular weight is 260 g/mol. The molecule has 0 saturated carbocycles. The van der Waals surface area contributed by atoms with Crippen molar-refractivity contribution in [2.45, 2.75) is 51.6 Å². The van der Waals surface area contributed by atoms with Crippen molar-refractivity contribution in [3.8, 4) is 5.75 Å². The van der Waals surface area contributed by atoms with Crippen molar-refractivity contribution in [1.82, 2.24) is 0 Å². The quantitative estimate of drug-likeness (QED) is 0.816. The predicted octanol–water partition coefficient (Wildman–Crippen LogP) is 3.80. The first-order chi connectivity index (χ1) is 9.19. The molecule has 2 nitrogen and oxygen atoms in total. The zero-order chi connectivity index (χ0) is 13.7. The second-order valence-corrected chi connectivity index (χ2v) is 5.49. The Morgan fingerprint density at radius 3 is 2.79 bits per heavy atom. The molecule has 1 N–H and O–H groups in total. The van der Waals surface area contributed by atoms with Crippen molar-refractivity contribution in [2.24, 2.45) is 0 Å². The van der Waals surface area contributed by atoms with Gasteiger partial charge in [0.1, 0.15) is 5.75 Å². The first-order valence-corrected chi connectivity index (χ1v) is 7.18. The predicted molar refractivity (Wildman–Crippen MR) is 78.6 cm³/mol. The molecule has 1 aliphatic carbocycles. The Morgan fingerprint density at radius 2 is 2.11 bits per heavy atom. The standard InChI is InChI=1S/C17H24O2/c1-13-8-9-17(19-2)15(10-13)12-16(18)11-14-6-4-3-5-7-14/h6,8-10,16,18H,3-5,7,11-12H2,1-2H3. The number of allylic oxidation sites excluding steroid dienone is 1. The molecule has 1 aromatic carbocycles. The van der Waals surface area contributed by atoms with Crippen LogP contribution in [0.5, 0.6) is 5.75 Å². The summed E-state index contributed by atoms with van der Waals surface area (Å²) in [5, 5.41) is 10.3. The van der Waals surface area contributed by atoms with Gasteiger partial charge < -0.3 is 9.84 Å². The molecule has 0 fully saturated rings. The number of hydrogen-bond acceptors (Lipinski definition) is 2. The highest BCUT2D eigenvalue weighted by atomic mass is 16.5. The van der Waals surface area contributed by atoms with Gasteiger partial charge in [-0.3, -0.25) is 0 Å². The highest BCUT2D eigenvalue weighted by Gasteiger charge is 2.13. The normalized spacial score (nSPS) is 16.9. The van der Waals surface area contributed by atoms with Crippen LogP contribution in [0, 0.1) is 6.92 Å². The topological polar surface area (TPSA) is 29.5 Å². The van der Waals surface area contributed by atoms with E-state index in [1.165, 1.54) is 30.4 Å². The van der Waals surface area contributed by atoms with Crippen molar-refractivity contribution >= 4 is 0 Å². The van der Waals surface area contributed by atoms with E-state index in [4.69, 9.17) is 4.74 Å². The Balaban J connectivity index is 1.99. The van der Waals surface area contributed by atoms with Crippen LogP contribution in [0.1, 0.15) is 43.2 Å². The minimum atomic E-state index is -0.306. The number of aliphatic hydroxyl groups is 1. The monoisotopic (exact) mass is 260 g/mol. The molecule has 19 heavy (non-hydrogen) atoms. The number of rotatable bonds is 5. The zero-order valence-corrected chi connectivity index (χ0v) is 12.0. The molecule has 0 radical (unpaired) electrons. The number of aliphatic hydroxyl groups excluding tert-OH is 1. The maximum Gasteiger partial charge on any atom is 0.122 e. The molecule has 0 bridgehead atoms. The van der Waals surface area contributed by atoms with E-state index in [9.17, 15) is 5.11 Å². The Bertz CT molecular complexity index is 449. The molecule has 1 atom stereocenters. The average Bonchev–Trinajstić information content (AvgIpc) is 2.40. The molecule has 1 unspecified atom stereocenters. The molecular formula is C17H24O2. The molecule has 0 heterocycles. The highest BCUT2D eigenvalue weighted by Crippen LogP contribution is 2.25. The summed E-state index contributed by atoms with van der Waals surface area (Å²) < 4.78 is 5.37. The van der Waals surface area contributed by atoms with Crippen LogP contribution in [-0.4, -0.2) is 18.3 Å². The van der Waals surface area contributed by atoms with E-state index in [0.717, 1.165) is 24.2 Å². The second-order valence-electron chi connectivity index (χ2n) is 5.49. The molecule has 2 rings (SSSR count). The fourth-order valence-corrected chi connectivity index (χ4v) is 2.79. The van der Waals surface area contributed by atoms with Gasteiger partial charge in [-0.2, -0.15) is 0 Å². The van der Waals surface area contributed by atoms with Crippen LogP contribution >= 0.6 is 0 Å². The minimum Gasteiger partial charge on any atom is -0.496 e. The first kappa shape index (κ1) is 14.1. The number of ether oxygens (including phenoxy) is 1. The fraction of sp³-hybridized carbons (Fsp3) is 0.529. The van der Waals surface area contributed by atoms with Crippen LogP contribution in [0.3, 0.4) is 0 Å². The van der Waals surface area contributed by atoms with E-state index in [1.54, 1.807) is 7.11 Å². The maximum atomic E-state index is 10.3. The SMILES string of the molecule is COc1ccc(C)cc1CC(O)CC1=CCCCC1. The fourth-order valence-electron chi connectivity index (χ4n) is 2.79. The minimum absolute atomic E-state index is 0.306. The maximum absolute atomic E-state index is 10.3. The van der Waals surface area contributed by atoms with E-state index in [2.05, 4.69) is 19.1 Å². The van der Waals surface area contributed by atoms with Crippen molar-refractivity contribution in [1.29, 1.82) is 0 Å². The number of aryl methyl sites for hydroxylation is 1. The summed E-state index contributed by atoms with van der Waals surface area (Å²) in [6, 6.07) is 6.13. The number of methoxy groups -OCH3 is 1. The number of hydrogen-bond donors (Lipinski definition) is 1. The van der Waals surface area contributed by atoms with Gasteiger partial charge >= 0.3 is 0 Å². The van der Waals surface area contributed by atoms with Crippen LogP contribution in [0.15, 0.2) is 29.8 Å². The highest BCUT2D eigenvalue weighted by molar-refractivity contribution is 5.37. The van der Waals surface area contributed by atoms with Crippen LogP contribution in [0.4, 0.5) is 0 Å². The Morgan fingerprint density at radius 1 is 1.26 bits per heavy atom. The zero-order valence-electron chi connectivity index (χ0n) is 12.0. The molecular weight excluding hydrogens is 236 g/mol. The van der Waals surface area contributed by atoms with Gasteiger partial charge in [-0.05, 0) is 50.7 Å². The summed E-state index contributed by atoms with van der Waals surface area (Å²) in [6.07, 6.45) is 8.37. The summed E-state index contributed by atoms with van der Waals surface area (Å²) in [5.41, 5.74) is 3.73. The summed E-state index contributed by atoms with van der Waals surface area (Å²) in [6.45, 7) is 2.07. The van der Waals surface area contributed by atoms with Gasteiger partial charge in [0.2, 0.25) is 0 Å². The Labute approximate surface area is 116 Å². The lowest BCUT2D eigenvalue weighted by atomic mass is 9.93. The third-order valence-corrected chi connectivity index (χ3v) is 3.77. The molecule has 2 heteroatoms. The lowest BCUT2D eigenvalue weighted by molar-refractivity contribution is 0.172. The van der Waals surface area contributed by atoms with Crippen LogP contribution in [0.25, 0.3) is 0 Å². The van der Waals surface area contributed by atoms with Gasteiger partial charge in [-0.15, -0.1) is 0 Å². The largest absolute Gasteiger partial charge is 0.496 e. The van der Waals surface area contributed by atoms with Crippen LogP contribution in [-0.2, 0) is 6.42 Å². The molecule has 0 saturated heterocycles. The van der Waals surface area contributed by atoms with E-state index < -0.39 is 0 Å². The van der Waals surface area contributed by atoms with Crippen molar-refractivity contribution in [3.63, 3.8) is 0 Å². The van der Waals surface area contributed by atoms with Crippen molar-refractivity contribution < 1.29 is 9.84 Å². The first-order valence-electron chi connectivity index (χ1n) is 7.18. The lowest BCUT2D eigenvalue weighted by Crippen LogP contribution is -2.13. The van der Waals surface area contributed by atoms with Gasteiger partial charge in [0.05, 0.1) is 13.2 Å². The Hall–Kier alpha value is -1.28. The van der Waals surface area contributed by atoms with E-state index in [0.29, 0.717) is 6.42 Å². The third-order valence-electron chi connectivity index (χ3n) is 3.77. The smallest absolute Gasteiger partial charge is 0.122 e. The van der Waals surface area contributed by atoms with Gasteiger partial charge in [-0.25, -0.2) is 0 Å². The van der Waals surface area contributed by atoms with E-state index >= 15 is 0 Å². The second kappa shape index (κ2) is 6.76. The van der Waals surface area contributed by atoms with Gasteiger partial charge in [0.25, 0.3) is 0 Å².